The summed E-state index contributed by atoms with van der Waals surface area (Å²) in [5.41, 5.74) is 6.48. The minimum Gasteiger partial charge on any atom is -0.480 e. The number of carboxylic acid groups (broad SMARTS) is 1. The standard InChI is InChI=1S/C24H38N4O6/c1-6-14(4)20(24(33)34)28-23(32)19(13(2)3)27-21(30)17(12-16-10-8-7-9-11-16)26-22(31)18(25)15(5)29/h7-11,13-15,17-20,29H,6,12,25H2,1-5H3,(H,26,31)(H,27,30)(H,28,32)(H,33,34). The van der Waals surface area contributed by atoms with Crippen LogP contribution in [-0.4, -0.2) is 64.2 Å². The Balaban J connectivity index is 3.09. The Hall–Kier alpha value is -2.98. The average Bonchev–Trinajstić information content (AvgIpc) is 2.79. The predicted octanol–water partition coefficient (Wildman–Crippen LogP) is 0.178. The van der Waals surface area contributed by atoms with Gasteiger partial charge in [-0.3, -0.25) is 14.4 Å². The minimum absolute atomic E-state index is 0.127. The van der Waals surface area contributed by atoms with Crippen LogP contribution in [0, 0.1) is 11.8 Å². The summed E-state index contributed by atoms with van der Waals surface area (Å²) in [4.78, 5) is 50.2. The molecule has 0 aliphatic heterocycles. The van der Waals surface area contributed by atoms with Crippen LogP contribution in [0.2, 0.25) is 0 Å². The zero-order valence-electron chi connectivity index (χ0n) is 20.4. The number of benzene rings is 1. The lowest BCUT2D eigenvalue weighted by Crippen LogP contribution is -2.60. The van der Waals surface area contributed by atoms with E-state index in [0.29, 0.717) is 6.42 Å². The molecule has 0 aliphatic rings. The lowest BCUT2D eigenvalue weighted by atomic mass is 9.97. The van der Waals surface area contributed by atoms with Crippen molar-refractivity contribution in [1.82, 2.24) is 16.0 Å². The van der Waals surface area contributed by atoms with E-state index >= 15 is 0 Å². The topological polar surface area (TPSA) is 171 Å². The zero-order chi connectivity index (χ0) is 26.0. The Morgan fingerprint density at radius 2 is 1.44 bits per heavy atom. The number of aliphatic hydroxyl groups is 1. The third-order valence-corrected chi connectivity index (χ3v) is 5.76. The fourth-order valence-electron chi connectivity index (χ4n) is 3.26. The van der Waals surface area contributed by atoms with Crippen LogP contribution in [0.4, 0.5) is 0 Å². The second-order valence-electron chi connectivity index (χ2n) is 8.96. The Bertz CT molecular complexity index is 830. The van der Waals surface area contributed by atoms with Gasteiger partial charge in [-0.2, -0.15) is 0 Å². The molecule has 0 aromatic heterocycles. The summed E-state index contributed by atoms with van der Waals surface area (Å²) in [6.07, 6.45) is -0.449. The van der Waals surface area contributed by atoms with Gasteiger partial charge in [0.1, 0.15) is 24.2 Å². The van der Waals surface area contributed by atoms with E-state index in [-0.39, 0.29) is 18.3 Å². The van der Waals surface area contributed by atoms with Crippen molar-refractivity contribution in [2.45, 2.75) is 77.7 Å². The average molecular weight is 479 g/mol. The molecular weight excluding hydrogens is 440 g/mol. The Kier molecular flexibility index (Phi) is 11.7. The van der Waals surface area contributed by atoms with E-state index in [0.717, 1.165) is 5.56 Å². The maximum atomic E-state index is 13.2. The van der Waals surface area contributed by atoms with Crippen molar-refractivity contribution in [3.05, 3.63) is 35.9 Å². The number of rotatable bonds is 13. The van der Waals surface area contributed by atoms with Crippen molar-refractivity contribution in [2.24, 2.45) is 17.6 Å². The lowest BCUT2D eigenvalue weighted by molar-refractivity contribution is -0.144. The molecule has 0 aliphatic carbocycles. The van der Waals surface area contributed by atoms with Gasteiger partial charge in [0.2, 0.25) is 17.7 Å². The Morgan fingerprint density at radius 1 is 0.882 bits per heavy atom. The van der Waals surface area contributed by atoms with Crippen LogP contribution in [-0.2, 0) is 25.6 Å². The molecule has 1 aromatic rings. The highest BCUT2D eigenvalue weighted by Gasteiger charge is 2.33. The van der Waals surface area contributed by atoms with Crippen molar-refractivity contribution < 1.29 is 29.4 Å². The van der Waals surface area contributed by atoms with Crippen molar-refractivity contribution in [3.8, 4) is 0 Å². The molecule has 3 amide bonds. The summed E-state index contributed by atoms with van der Waals surface area (Å²) in [6, 6.07) is 4.54. The fourth-order valence-corrected chi connectivity index (χ4v) is 3.26. The molecule has 0 saturated carbocycles. The van der Waals surface area contributed by atoms with E-state index in [4.69, 9.17) is 5.73 Å². The quantitative estimate of drug-likeness (QED) is 0.235. The number of amides is 3. The first kappa shape index (κ1) is 29.1. The van der Waals surface area contributed by atoms with Gasteiger partial charge in [-0.1, -0.05) is 64.4 Å². The molecule has 7 N–H and O–H groups in total. The highest BCUT2D eigenvalue weighted by atomic mass is 16.4. The zero-order valence-corrected chi connectivity index (χ0v) is 20.4. The first-order valence-electron chi connectivity index (χ1n) is 11.5. The second kappa shape index (κ2) is 13.7. The normalized spacial score (nSPS) is 16.5. The van der Waals surface area contributed by atoms with Gasteiger partial charge in [0.25, 0.3) is 0 Å². The third kappa shape index (κ3) is 8.75. The summed E-state index contributed by atoms with van der Waals surface area (Å²) in [5, 5.41) is 26.8. The maximum absolute atomic E-state index is 13.2. The molecule has 10 heteroatoms. The van der Waals surface area contributed by atoms with Crippen LogP contribution < -0.4 is 21.7 Å². The number of carboxylic acids is 1. The summed E-state index contributed by atoms with van der Waals surface area (Å²) in [6.45, 7) is 8.35. The van der Waals surface area contributed by atoms with Crippen LogP contribution in [0.5, 0.6) is 0 Å². The molecule has 34 heavy (non-hydrogen) atoms. The summed E-state index contributed by atoms with van der Waals surface area (Å²) in [7, 11) is 0. The Labute approximate surface area is 200 Å². The molecular formula is C24H38N4O6. The van der Waals surface area contributed by atoms with E-state index in [2.05, 4.69) is 16.0 Å². The van der Waals surface area contributed by atoms with Gasteiger partial charge in [0.15, 0.2) is 0 Å². The molecule has 6 unspecified atom stereocenters. The molecule has 190 valence electrons. The van der Waals surface area contributed by atoms with Crippen LogP contribution in [0.25, 0.3) is 0 Å². The van der Waals surface area contributed by atoms with Gasteiger partial charge in [-0.25, -0.2) is 4.79 Å². The number of carbonyl (C=O) groups is 4. The number of aliphatic hydroxyl groups excluding tert-OH is 1. The van der Waals surface area contributed by atoms with E-state index < -0.39 is 54.0 Å². The molecule has 0 heterocycles. The smallest absolute Gasteiger partial charge is 0.326 e. The van der Waals surface area contributed by atoms with E-state index in [1.54, 1.807) is 45.0 Å². The first-order valence-corrected chi connectivity index (χ1v) is 11.5. The van der Waals surface area contributed by atoms with Crippen molar-refractivity contribution in [1.29, 1.82) is 0 Å². The van der Waals surface area contributed by atoms with E-state index in [9.17, 15) is 29.4 Å². The number of aliphatic carboxylic acids is 1. The SMILES string of the molecule is CCC(C)C(NC(=O)C(NC(=O)C(Cc1ccccc1)NC(=O)C(N)C(C)O)C(C)C)C(=O)O. The predicted molar refractivity (Wildman–Crippen MR) is 128 cm³/mol. The van der Waals surface area contributed by atoms with Crippen molar-refractivity contribution >= 4 is 23.7 Å². The van der Waals surface area contributed by atoms with Gasteiger partial charge < -0.3 is 31.9 Å². The molecule has 0 fully saturated rings. The third-order valence-electron chi connectivity index (χ3n) is 5.76. The van der Waals surface area contributed by atoms with Crippen LogP contribution >= 0.6 is 0 Å². The highest BCUT2D eigenvalue weighted by molar-refractivity contribution is 5.94. The molecule has 0 saturated heterocycles. The Morgan fingerprint density at radius 3 is 1.91 bits per heavy atom. The van der Waals surface area contributed by atoms with Gasteiger partial charge in [-0.05, 0) is 24.3 Å². The molecule has 10 nitrogen and oxygen atoms in total. The van der Waals surface area contributed by atoms with Gasteiger partial charge in [0, 0.05) is 6.42 Å². The lowest BCUT2D eigenvalue weighted by Gasteiger charge is -2.28. The molecule has 1 rings (SSSR count). The maximum Gasteiger partial charge on any atom is 0.326 e. The number of nitrogens with one attached hydrogen (secondary N) is 3. The van der Waals surface area contributed by atoms with Gasteiger partial charge >= 0.3 is 5.97 Å². The van der Waals surface area contributed by atoms with Crippen molar-refractivity contribution in [2.75, 3.05) is 0 Å². The summed E-state index contributed by atoms with van der Waals surface area (Å²) in [5.74, 6) is -3.78. The minimum atomic E-state index is -1.23. The van der Waals surface area contributed by atoms with Crippen LogP contribution in [0.3, 0.4) is 0 Å². The second-order valence-corrected chi connectivity index (χ2v) is 8.96. The van der Waals surface area contributed by atoms with Crippen LogP contribution in [0.1, 0.15) is 46.6 Å². The van der Waals surface area contributed by atoms with Gasteiger partial charge in [0.05, 0.1) is 6.10 Å². The van der Waals surface area contributed by atoms with Crippen molar-refractivity contribution in [3.63, 3.8) is 0 Å². The highest BCUT2D eigenvalue weighted by Crippen LogP contribution is 2.11. The largest absolute Gasteiger partial charge is 0.480 e. The summed E-state index contributed by atoms with van der Waals surface area (Å²) < 4.78 is 0. The molecule has 1 aromatic carbocycles. The molecule has 0 bridgehead atoms. The number of nitrogens with two attached hydrogens (primary N) is 1. The number of hydrogen-bond donors (Lipinski definition) is 6. The van der Waals surface area contributed by atoms with Gasteiger partial charge in [-0.15, -0.1) is 0 Å². The fraction of sp³-hybridized carbons (Fsp3) is 0.583. The summed E-state index contributed by atoms with van der Waals surface area (Å²) >= 11 is 0. The molecule has 0 radical (unpaired) electrons. The monoisotopic (exact) mass is 478 g/mol. The number of carbonyl (C=O) groups excluding carboxylic acids is 3. The first-order chi connectivity index (χ1) is 15.9. The molecule has 6 atom stereocenters. The van der Waals surface area contributed by atoms with Crippen LogP contribution in [0.15, 0.2) is 30.3 Å². The van der Waals surface area contributed by atoms with E-state index in [1.165, 1.54) is 6.92 Å². The van der Waals surface area contributed by atoms with E-state index in [1.807, 2.05) is 13.0 Å². The number of hydrogen-bond acceptors (Lipinski definition) is 6. The molecule has 0 spiro atoms.